The van der Waals surface area contributed by atoms with Crippen molar-refractivity contribution in [2.75, 3.05) is 33.4 Å². The van der Waals surface area contributed by atoms with Gasteiger partial charge in [-0.2, -0.15) is 8.78 Å². The number of benzene rings is 1. The first-order valence-corrected chi connectivity index (χ1v) is 7.46. The number of methoxy groups -OCH3 is 1. The molecule has 3 rings (SSSR count). The largest absolute Gasteiger partial charge is 0.468 e. The van der Waals surface area contributed by atoms with Crippen LogP contribution in [0.2, 0.25) is 0 Å². The zero-order chi connectivity index (χ0) is 17.3. The van der Waals surface area contributed by atoms with E-state index in [1.165, 1.54) is 31.4 Å². The van der Waals surface area contributed by atoms with E-state index in [-0.39, 0.29) is 36.7 Å². The van der Waals surface area contributed by atoms with E-state index in [0.717, 1.165) is 0 Å². The number of likely N-dealkylation sites (tertiary alicyclic amines) is 1. The number of carbonyl (C=O) groups excluding carboxylic acids is 2. The summed E-state index contributed by atoms with van der Waals surface area (Å²) in [4.78, 5) is 26.3. The summed E-state index contributed by atoms with van der Waals surface area (Å²) in [5.41, 5.74) is -0.471. The molecule has 2 saturated heterocycles. The number of hydrogen-bond acceptors (Lipinski definition) is 5. The molecule has 130 valence electrons. The van der Waals surface area contributed by atoms with Crippen molar-refractivity contribution < 1.29 is 32.6 Å². The lowest BCUT2D eigenvalue weighted by molar-refractivity contribution is -0.153. The van der Waals surface area contributed by atoms with Gasteiger partial charge < -0.3 is 19.1 Å². The highest BCUT2D eigenvalue weighted by Gasteiger charge is 2.57. The fourth-order valence-electron chi connectivity index (χ4n) is 3.34. The smallest absolute Gasteiger partial charge is 0.387 e. The molecule has 2 atom stereocenters. The van der Waals surface area contributed by atoms with Crippen LogP contribution in [0.3, 0.4) is 0 Å². The van der Waals surface area contributed by atoms with Crippen molar-refractivity contribution in [3.05, 3.63) is 29.8 Å². The van der Waals surface area contributed by atoms with E-state index < -0.39 is 12.0 Å². The molecule has 0 radical (unpaired) electrons. The summed E-state index contributed by atoms with van der Waals surface area (Å²) in [6.45, 7) is -1.67. The van der Waals surface area contributed by atoms with Crippen LogP contribution in [0.5, 0.6) is 5.75 Å². The minimum atomic E-state index is -2.91. The van der Waals surface area contributed by atoms with E-state index in [2.05, 4.69) is 4.74 Å². The Morgan fingerprint density at radius 1 is 1.33 bits per heavy atom. The molecule has 0 bridgehead atoms. The van der Waals surface area contributed by atoms with Crippen molar-refractivity contribution >= 4 is 11.9 Å². The van der Waals surface area contributed by atoms with Gasteiger partial charge in [-0.1, -0.05) is 0 Å². The molecule has 0 unspecified atom stereocenters. The van der Waals surface area contributed by atoms with E-state index in [0.29, 0.717) is 18.7 Å². The number of esters is 1. The van der Waals surface area contributed by atoms with Crippen molar-refractivity contribution in [2.45, 2.75) is 6.61 Å². The molecule has 1 aromatic carbocycles. The number of alkyl halides is 2. The monoisotopic (exact) mass is 341 g/mol. The average Bonchev–Trinajstić information content (AvgIpc) is 3.11. The van der Waals surface area contributed by atoms with Gasteiger partial charge in [0.05, 0.1) is 20.3 Å². The number of nitrogens with zero attached hydrogens (tertiary/aromatic N) is 1. The molecular weight excluding hydrogens is 324 g/mol. The maximum Gasteiger partial charge on any atom is 0.387 e. The summed E-state index contributed by atoms with van der Waals surface area (Å²) < 4.78 is 38.9. The molecular formula is C16H17F2NO5. The van der Waals surface area contributed by atoms with Gasteiger partial charge >= 0.3 is 12.6 Å². The average molecular weight is 341 g/mol. The number of halogens is 2. The molecule has 8 heteroatoms. The predicted molar refractivity (Wildman–Crippen MR) is 77.7 cm³/mol. The summed E-state index contributed by atoms with van der Waals surface area (Å²) in [5, 5.41) is 0. The highest BCUT2D eigenvalue weighted by molar-refractivity contribution is 5.95. The molecule has 0 saturated carbocycles. The zero-order valence-corrected chi connectivity index (χ0v) is 13.0. The molecule has 2 fully saturated rings. The molecule has 2 heterocycles. The summed E-state index contributed by atoms with van der Waals surface area (Å²) >= 11 is 0. The Labute approximate surface area is 137 Å². The van der Waals surface area contributed by atoms with Crippen LogP contribution in [0.25, 0.3) is 0 Å². The Balaban J connectivity index is 1.73. The quantitative estimate of drug-likeness (QED) is 0.778. The molecule has 1 amide bonds. The van der Waals surface area contributed by atoms with E-state index in [4.69, 9.17) is 9.47 Å². The summed E-state index contributed by atoms with van der Waals surface area (Å²) in [5.74, 6) is -0.758. The second-order valence-electron chi connectivity index (χ2n) is 5.95. The van der Waals surface area contributed by atoms with Gasteiger partial charge in [0, 0.05) is 24.6 Å². The first-order valence-electron chi connectivity index (χ1n) is 7.46. The summed E-state index contributed by atoms with van der Waals surface area (Å²) in [7, 11) is 1.32. The maximum atomic E-state index is 12.6. The lowest BCUT2D eigenvalue weighted by Crippen LogP contribution is -2.41. The molecule has 6 nitrogen and oxygen atoms in total. The van der Waals surface area contributed by atoms with Crippen LogP contribution in [-0.4, -0.2) is 56.8 Å². The lowest BCUT2D eigenvalue weighted by Gasteiger charge is -2.23. The second-order valence-corrected chi connectivity index (χ2v) is 5.95. The fourth-order valence-corrected chi connectivity index (χ4v) is 3.34. The van der Waals surface area contributed by atoms with Crippen LogP contribution in [0, 0.1) is 11.3 Å². The number of carbonyl (C=O) groups is 2. The normalized spacial score (nSPS) is 25.7. The molecule has 2 aliphatic heterocycles. The molecule has 0 spiro atoms. The number of amides is 1. The van der Waals surface area contributed by atoms with E-state index >= 15 is 0 Å². The van der Waals surface area contributed by atoms with Gasteiger partial charge in [0.15, 0.2) is 0 Å². The zero-order valence-electron chi connectivity index (χ0n) is 13.0. The molecule has 0 N–H and O–H groups in total. The van der Waals surface area contributed by atoms with Gasteiger partial charge in [-0.25, -0.2) is 0 Å². The number of rotatable bonds is 4. The van der Waals surface area contributed by atoms with Crippen LogP contribution in [0.1, 0.15) is 10.4 Å². The predicted octanol–water partition coefficient (Wildman–Crippen LogP) is 1.55. The first kappa shape index (κ1) is 16.6. The third-order valence-corrected chi connectivity index (χ3v) is 4.58. The lowest BCUT2D eigenvalue weighted by atomic mass is 9.81. The summed E-state index contributed by atoms with van der Waals surface area (Å²) in [6, 6.07) is 5.48. The van der Waals surface area contributed by atoms with Crippen LogP contribution < -0.4 is 4.74 Å². The van der Waals surface area contributed by atoms with Crippen molar-refractivity contribution in [3.8, 4) is 5.75 Å². The van der Waals surface area contributed by atoms with Gasteiger partial charge in [-0.3, -0.25) is 9.59 Å². The standard InChI is InChI=1S/C16H17F2NO5/c1-22-14(21)16-8-19(6-11(16)7-23-9-16)13(20)10-2-4-12(5-3-10)24-15(17)18/h2-5,11,15H,6-9H2,1H3/t11-,16-/m0/s1. The third kappa shape index (κ3) is 2.82. The van der Waals surface area contributed by atoms with Crippen LogP contribution in [-0.2, 0) is 14.3 Å². The minimum Gasteiger partial charge on any atom is -0.468 e. The van der Waals surface area contributed by atoms with E-state index in [1.54, 1.807) is 4.90 Å². The van der Waals surface area contributed by atoms with Gasteiger partial charge in [-0.05, 0) is 24.3 Å². The number of fused-ring (bicyclic) bond motifs is 1. The molecule has 0 aromatic heterocycles. The van der Waals surface area contributed by atoms with Crippen molar-refractivity contribution in [2.24, 2.45) is 11.3 Å². The van der Waals surface area contributed by atoms with Crippen LogP contribution >= 0.6 is 0 Å². The van der Waals surface area contributed by atoms with Crippen LogP contribution in [0.4, 0.5) is 8.78 Å². The Morgan fingerprint density at radius 2 is 2.04 bits per heavy atom. The first-order chi connectivity index (χ1) is 11.5. The van der Waals surface area contributed by atoms with E-state index in [1.807, 2.05) is 0 Å². The summed E-state index contributed by atoms with van der Waals surface area (Å²) in [6.07, 6.45) is 0. The van der Waals surface area contributed by atoms with Crippen molar-refractivity contribution in [1.29, 1.82) is 0 Å². The van der Waals surface area contributed by atoms with E-state index in [9.17, 15) is 18.4 Å². The molecule has 0 aliphatic carbocycles. The third-order valence-electron chi connectivity index (χ3n) is 4.58. The van der Waals surface area contributed by atoms with Gasteiger partial charge in [0.25, 0.3) is 5.91 Å². The fraction of sp³-hybridized carbons (Fsp3) is 0.500. The van der Waals surface area contributed by atoms with Gasteiger partial charge in [0.1, 0.15) is 11.2 Å². The SMILES string of the molecule is COC(=O)[C@@]12COC[C@@H]1CN(C(=O)c1ccc(OC(F)F)cc1)C2. The van der Waals surface area contributed by atoms with Crippen molar-refractivity contribution in [1.82, 2.24) is 4.90 Å². The molecule has 24 heavy (non-hydrogen) atoms. The highest BCUT2D eigenvalue weighted by Crippen LogP contribution is 2.42. The Hall–Kier alpha value is -2.22. The number of hydrogen-bond donors (Lipinski definition) is 0. The number of ether oxygens (including phenoxy) is 3. The maximum absolute atomic E-state index is 12.6. The Kier molecular flexibility index (Phi) is 4.40. The van der Waals surface area contributed by atoms with Crippen LogP contribution in [0.15, 0.2) is 24.3 Å². The Bertz CT molecular complexity index is 636. The topological polar surface area (TPSA) is 65.1 Å². The van der Waals surface area contributed by atoms with Crippen molar-refractivity contribution in [3.63, 3.8) is 0 Å². The van der Waals surface area contributed by atoms with Gasteiger partial charge in [-0.15, -0.1) is 0 Å². The minimum absolute atomic E-state index is 0.0146. The van der Waals surface area contributed by atoms with Gasteiger partial charge in [0.2, 0.25) is 0 Å². The molecule has 1 aromatic rings. The highest BCUT2D eigenvalue weighted by atomic mass is 19.3. The Morgan fingerprint density at radius 3 is 2.67 bits per heavy atom. The second kappa shape index (κ2) is 6.35. The molecule has 2 aliphatic rings.